The Labute approximate surface area is 126 Å². The summed E-state index contributed by atoms with van der Waals surface area (Å²) < 4.78 is 4.14. The number of benzene rings is 1. The van der Waals surface area contributed by atoms with Crippen molar-refractivity contribution in [1.82, 2.24) is 0 Å². The number of carbonyl (C=O) groups is 1. The Bertz CT molecular complexity index is 641. The summed E-state index contributed by atoms with van der Waals surface area (Å²) >= 11 is 1.34. The fourth-order valence-corrected chi connectivity index (χ4v) is 3.49. The maximum atomic E-state index is 11.4. The van der Waals surface area contributed by atoms with E-state index in [0.717, 1.165) is 16.9 Å². The van der Waals surface area contributed by atoms with Gasteiger partial charge in [-0.25, -0.2) is 9.19 Å². The quantitative estimate of drug-likeness (QED) is 0.721. The summed E-state index contributed by atoms with van der Waals surface area (Å²) in [5, 5.41) is 29.4. The van der Waals surface area contributed by atoms with Gasteiger partial charge >= 0.3 is 5.97 Å². The van der Waals surface area contributed by atoms with Gasteiger partial charge in [0.25, 0.3) is 0 Å². The molecule has 6 heteroatoms. The molecule has 1 aromatic carbocycles. The van der Waals surface area contributed by atoms with E-state index < -0.39 is 24.1 Å². The van der Waals surface area contributed by atoms with Gasteiger partial charge in [-0.2, -0.15) is 0 Å². The second kappa shape index (κ2) is 5.63. The lowest BCUT2D eigenvalue weighted by molar-refractivity contribution is -0.133. The molecule has 0 saturated heterocycles. The van der Waals surface area contributed by atoms with Crippen molar-refractivity contribution in [3.05, 3.63) is 41.0 Å². The van der Waals surface area contributed by atoms with Crippen molar-refractivity contribution in [2.45, 2.75) is 35.9 Å². The van der Waals surface area contributed by atoms with Gasteiger partial charge in [0.15, 0.2) is 0 Å². The highest BCUT2D eigenvalue weighted by Crippen LogP contribution is 2.38. The van der Waals surface area contributed by atoms with Gasteiger partial charge in [-0.15, -0.1) is 0 Å². The van der Waals surface area contributed by atoms with Crippen molar-refractivity contribution in [2.75, 3.05) is 0 Å². The van der Waals surface area contributed by atoms with Crippen molar-refractivity contribution in [1.29, 1.82) is 0 Å². The normalized spacial score (nSPS) is 27.9. The lowest BCUT2D eigenvalue weighted by Crippen LogP contribution is -2.37. The summed E-state index contributed by atoms with van der Waals surface area (Å²) in [6, 6.07) is 5.61. The monoisotopic (exact) mass is 305 g/mol. The van der Waals surface area contributed by atoms with Gasteiger partial charge in [0, 0.05) is 41.0 Å². The first kappa shape index (κ1) is 14.3. The minimum absolute atomic E-state index is 0.136. The molecule has 0 amide bonds. The van der Waals surface area contributed by atoms with Crippen LogP contribution in [0, 0.1) is 0 Å². The number of carboxylic acid groups (broad SMARTS) is 1. The standard InChI is InChI=1S/C15H15NO4S/c17-11-4-3-10(15(19)20)13(14(11)18)9-2-1-8-5-6-16-21-12(8)7-9/h1-3,6-7,11,13-14,17-18H,4-5H2,(H,19,20). The van der Waals surface area contributed by atoms with Crippen LogP contribution in [0.4, 0.5) is 0 Å². The molecule has 110 valence electrons. The Morgan fingerprint density at radius 3 is 2.90 bits per heavy atom. The predicted octanol–water partition coefficient (Wildman–Crippen LogP) is 1.54. The molecule has 0 spiro atoms. The molecule has 0 saturated carbocycles. The molecule has 0 aromatic heterocycles. The first-order chi connectivity index (χ1) is 10.1. The highest BCUT2D eigenvalue weighted by atomic mass is 32.2. The Kier molecular flexibility index (Phi) is 3.84. The van der Waals surface area contributed by atoms with Crippen molar-refractivity contribution in [3.8, 4) is 0 Å². The molecule has 3 atom stereocenters. The van der Waals surface area contributed by atoms with Crippen LogP contribution in [0.25, 0.3) is 0 Å². The summed E-state index contributed by atoms with van der Waals surface area (Å²) in [5.74, 6) is -1.78. The summed E-state index contributed by atoms with van der Waals surface area (Å²) in [6.07, 6.45) is 2.17. The number of aliphatic hydroxyl groups excluding tert-OH is 2. The highest BCUT2D eigenvalue weighted by Gasteiger charge is 2.37. The van der Waals surface area contributed by atoms with Crippen LogP contribution in [0.1, 0.15) is 23.5 Å². The molecule has 1 aromatic rings. The van der Waals surface area contributed by atoms with Crippen LogP contribution in [0.5, 0.6) is 0 Å². The fraction of sp³-hybridized carbons (Fsp3) is 0.333. The molecule has 0 fully saturated rings. The minimum atomic E-state index is -1.11. The molecule has 0 bridgehead atoms. The predicted molar refractivity (Wildman–Crippen MR) is 79.6 cm³/mol. The number of hydrogen-bond donors (Lipinski definition) is 3. The molecule has 3 rings (SSSR count). The average molecular weight is 305 g/mol. The number of aliphatic carboxylic acids is 1. The third-order valence-electron chi connectivity index (χ3n) is 3.88. The lowest BCUT2D eigenvalue weighted by Gasteiger charge is -2.31. The van der Waals surface area contributed by atoms with E-state index in [4.69, 9.17) is 0 Å². The zero-order valence-corrected chi connectivity index (χ0v) is 12.0. The van der Waals surface area contributed by atoms with Gasteiger partial charge in [0.1, 0.15) is 0 Å². The molecule has 5 nitrogen and oxygen atoms in total. The molecule has 3 N–H and O–H groups in total. The van der Waals surface area contributed by atoms with Crippen LogP contribution in [-0.2, 0) is 11.2 Å². The molecule has 3 unspecified atom stereocenters. The number of hydrogen-bond acceptors (Lipinski definition) is 5. The number of nitrogens with zero attached hydrogens (tertiary/aromatic N) is 1. The van der Waals surface area contributed by atoms with Gasteiger partial charge in [-0.1, -0.05) is 18.2 Å². The summed E-state index contributed by atoms with van der Waals surface area (Å²) in [7, 11) is 0. The van der Waals surface area contributed by atoms with E-state index >= 15 is 0 Å². The molecule has 21 heavy (non-hydrogen) atoms. The van der Waals surface area contributed by atoms with Gasteiger partial charge in [0.2, 0.25) is 0 Å². The third kappa shape index (κ3) is 2.62. The van der Waals surface area contributed by atoms with Gasteiger partial charge in [-0.3, -0.25) is 0 Å². The van der Waals surface area contributed by atoms with E-state index in [-0.39, 0.29) is 12.0 Å². The SMILES string of the molecule is O=C(O)C1=CCC(O)C(O)C1c1ccc2c(c1)SN=CC2. The van der Waals surface area contributed by atoms with Gasteiger partial charge in [0.05, 0.1) is 12.2 Å². The van der Waals surface area contributed by atoms with Crippen LogP contribution in [-0.4, -0.2) is 39.7 Å². The third-order valence-corrected chi connectivity index (χ3v) is 4.72. The molecule has 1 heterocycles. The maximum Gasteiger partial charge on any atom is 0.331 e. The topological polar surface area (TPSA) is 90.1 Å². The van der Waals surface area contributed by atoms with Crippen molar-refractivity contribution < 1.29 is 20.1 Å². The van der Waals surface area contributed by atoms with Crippen LogP contribution in [0.3, 0.4) is 0 Å². The Hall–Kier alpha value is -1.63. The zero-order chi connectivity index (χ0) is 15.0. The van der Waals surface area contributed by atoms with Crippen molar-refractivity contribution in [3.63, 3.8) is 0 Å². The lowest BCUT2D eigenvalue weighted by atomic mass is 9.78. The first-order valence-corrected chi connectivity index (χ1v) is 7.46. The van der Waals surface area contributed by atoms with E-state index in [1.54, 1.807) is 0 Å². The Balaban J connectivity index is 2.02. The molecule has 1 aliphatic carbocycles. The van der Waals surface area contributed by atoms with Crippen LogP contribution >= 0.6 is 11.9 Å². The highest BCUT2D eigenvalue weighted by molar-refractivity contribution is 7.98. The molecular weight excluding hydrogens is 290 g/mol. The fourth-order valence-electron chi connectivity index (χ4n) is 2.77. The first-order valence-electron chi connectivity index (χ1n) is 6.69. The van der Waals surface area contributed by atoms with Crippen LogP contribution in [0.2, 0.25) is 0 Å². The van der Waals surface area contributed by atoms with E-state index in [1.165, 1.54) is 18.0 Å². The number of rotatable bonds is 2. The number of fused-ring (bicyclic) bond motifs is 1. The largest absolute Gasteiger partial charge is 0.478 e. The van der Waals surface area contributed by atoms with Crippen molar-refractivity contribution in [2.24, 2.45) is 4.40 Å². The number of aliphatic hydroxyl groups is 2. The van der Waals surface area contributed by atoms with E-state index in [2.05, 4.69) is 4.40 Å². The smallest absolute Gasteiger partial charge is 0.331 e. The van der Waals surface area contributed by atoms with E-state index in [1.807, 2.05) is 24.4 Å². The summed E-state index contributed by atoms with van der Waals surface area (Å²) in [4.78, 5) is 12.4. The Morgan fingerprint density at radius 1 is 1.33 bits per heavy atom. The molecule has 0 radical (unpaired) electrons. The van der Waals surface area contributed by atoms with E-state index in [0.29, 0.717) is 5.56 Å². The van der Waals surface area contributed by atoms with Crippen molar-refractivity contribution >= 4 is 24.1 Å². The Morgan fingerprint density at radius 2 is 2.14 bits per heavy atom. The zero-order valence-electron chi connectivity index (χ0n) is 11.1. The average Bonchev–Trinajstić information content (AvgIpc) is 2.49. The summed E-state index contributed by atoms with van der Waals surface area (Å²) in [5.41, 5.74) is 1.96. The second-order valence-electron chi connectivity index (χ2n) is 5.19. The molecule has 1 aliphatic heterocycles. The molecular formula is C15H15NO4S. The minimum Gasteiger partial charge on any atom is -0.478 e. The second-order valence-corrected chi connectivity index (χ2v) is 6.02. The van der Waals surface area contributed by atoms with Gasteiger partial charge < -0.3 is 15.3 Å². The number of carboxylic acids is 1. The van der Waals surface area contributed by atoms with Crippen LogP contribution in [0.15, 0.2) is 39.1 Å². The van der Waals surface area contributed by atoms with Crippen LogP contribution < -0.4 is 0 Å². The molecule has 2 aliphatic rings. The van der Waals surface area contributed by atoms with E-state index in [9.17, 15) is 20.1 Å². The van der Waals surface area contributed by atoms with Gasteiger partial charge in [-0.05, 0) is 23.6 Å². The summed E-state index contributed by atoms with van der Waals surface area (Å²) in [6.45, 7) is 0. The maximum absolute atomic E-state index is 11.4.